The van der Waals surface area contributed by atoms with Gasteiger partial charge in [-0.05, 0) is 48.2 Å². The van der Waals surface area contributed by atoms with Crippen molar-refractivity contribution < 1.29 is 12.8 Å². The standard InChI is InChI=1S/C17H16FN3O3S2/c18-14-6-4-13(5-7-14)15-8-9-16(22)21(20-15)11-2-10-19-26(23,24)17-3-1-12-25-17/h1,3-9,12,19H,2,10-11H2. The Morgan fingerprint density at radius 2 is 1.88 bits per heavy atom. The molecule has 1 N–H and O–H groups in total. The van der Waals surface area contributed by atoms with E-state index in [1.807, 2.05) is 0 Å². The SMILES string of the molecule is O=c1ccc(-c2ccc(F)cc2)nn1CCCNS(=O)(=O)c1cccs1. The normalized spacial score (nSPS) is 11.6. The molecule has 0 unspecified atom stereocenters. The zero-order chi connectivity index (χ0) is 18.6. The summed E-state index contributed by atoms with van der Waals surface area (Å²) in [5, 5.41) is 5.96. The number of nitrogens with zero attached hydrogens (tertiary/aromatic N) is 2. The van der Waals surface area contributed by atoms with Gasteiger partial charge in [-0.1, -0.05) is 6.07 Å². The van der Waals surface area contributed by atoms with Crippen molar-refractivity contribution in [3.8, 4) is 11.3 Å². The van der Waals surface area contributed by atoms with Crippen LogP contribution in [0.15, 0.2) is 62.9 Å². The van der Waals surface area contributed by atoms with Crippen LogP contribution >= 0.6 is 11.3 Å². The number of hydrogen-bond acceptors (Lipinski definition) is 5. The third kappa shape index (κ3) is 4.43. The van der Waals surface area contributed by atoms with Gasteiger partial charge in [-0.25, -0.2) is 22.2 Å². The maximum atomic E-state index is 13.0. The Morgan fingerprint density at radius 1 is 1.12 bits per heavy atom. The molecule has 0 spiro atoms. The molecule has 9 heteroatoms. The zero-order valence-electron chi connectivity index (χ0n) is 13.6. The fraction of sp³-hybridized carbons (Fsp3) is 0.176. The number of nitrogens with one attached hydrogen (secondary N) is 1. The number of sulfonamides is 1. The molecule has 26 heavy (non-hydrogen) atoms. The molecule has 0 aliphatic rings. The molecule has 2 heterocycles. The molecular formula is C17H16FN3O3S2. The van der Waals surface area contributed by atoms with E-state index in [0.717, 1.165) is 11.3 Å². The molecule has 0 atom stereocenters. The molecule has 1 aromatic carbocycles. The Kier molecular flexibility index (Phi) is 5.60. The van der Waals surface area contributed by atoms with Gasteiger partial charge in [0.15, 0.2) is 0 Å². The van der Waals surface area contributed by atoms with E-state index in [4.69, 9.17) is 0 Å². The number of aryl methyl sites for hydroxylation is 1. The van der Waals surface area contributed by atoms with Crippen LogP contribution in [-0.2, 0) is 16.6 Å². The quantitative estimate of drug-likeness (QED) is 0.626. The van der Waals surface area contributed by atoms with E-state index in [-0.39, 0.29) is 28.7 Å². The molecule has 0 aliphatic heterocycles. The fourth-order valence-electron chi connectivity index (χ4n) is 2.31. The molecule has 0 bridgehead atoms. The minimum atomic E-state index is -3.51. The van der Waals surface area contributed by atoms with Gasteiger partial charge in [-0.15, -0.1) is 11.3 Å². The van der Waals surface area contributed by atoms with Gasteiger partial charge in [-0.3, -0.25) is 4.79 Å². The second-order valence-electron chi connectivity index (χ2n) is 5.47. The molecule has 0 fully saturated rings. The lowest BCUT2D eigenvalue weighted by Crippen LogP contribution is -2.27. The van der Waals surface area contributed by atoms with Crippen molar-refractivity contribution in [3.63, 3.8) is 0 Å². The Balaban J connectivity index is 1.64. The first kappa shape index (κ1) is 18.4. The average molecular weight is 393 g/mol. The molecule has 0 saturated heterocycles. The van der Waals surface area contributed by atoms with Crippen molar-refractivity contribution in [3.05, 3.63) is 70.1 Å². The molecular weight excluding hydrogens is 377 g/mol. The molecule has 3 rings (SSSR count). The van der Waals surface area contributed by atoms with Crippen molar-refractivity contribution in [2.45, 2.75) is 17.2 Å². The van der Waals surface area contributed by atoms with E-state index in [2.05, 4.69) is 9.82 Å². The second-order valence-corrected chi connectivity index (χ2v) is 8.41. The Hall–Kier alpha value is -2.36. The van der Waals surface area contributed by atoms with Crippen LogP contribution in [0.2, 0.25) is 0 Å². The lowest BCUT2D eigenvalue weighted by atomic mass is 10.1. The van der Waals surface area contributed by atoms with Gasteiger partial charge in [0.05, 0.1) is 5.69 Å². The highest BCUT2D eigenvalue weighted by atomic mass is 32.2. The summed E-state index contributed by atoms with van der Waals surface area (Å²) in [6.07, 6.45) is 0.407. The number of rotatable bonds is 7. The topological polar surface area (TPSA) is 81.1 Å². The summed E-state index contributed by atoms with van der Waals surface area (Å²) >= 11 is 1.14. The highest BCUT2D eigenvalue weighted by Crippen LogP contribution is 2.16. The van der Waals surface area contributed by atoms with Crippen LogP contribution in [0.25, 0.3) is 11.3 Å². The summed E-state index contributed by atoms with van der Waals surface area (Å²) in [7, 11) is -3.51. The summed E-state index contributed by atoms with van der Waals surface area (Å²) in [5.41, 5.74) is 0.958. The molecule has 0 aliphatic carbocycles. The number of hydrogen-bond donors (Lipinski definition) is 1. The van der Waals surface area contributed by atoms with E-state index in [9.17, 15) is 17.6 Å². The smallest absolute Gasteiger partial charge is 0.266 e. The Bertz CT molecular complexity index is 1030. The van der Waals surface area contributed by atoms with E-state index < -0.39 is 10.0 Å². The largest absolute Gasteiger partial charge is 0.268 e. The molecule has 6 nitrogen and oxygen atoms in total. The van der Waals surface area contributed by atoms with Gasteiger partial charge in [-0.2, -0.15) is 5.10 Å². The van der Waals surface area contributed by atoms with Crippen LogP contribution < -0.4 is 10.3 Å². The zero-order valence-corrected chi connectivity index (χ0v) is 15.3. The number of thiophene rings is 1. The molecule has 2 aromatic heterocycles. The third-order valence-corrected chi connectivity index (χ3v) is 6.46. The van der Waals surface area contributed by atoms with Crippen LogP contribution in [0.5, 0.6) is 0 Å². The highest BCUT2D eigenvalue weighted by molar-refractivity contribution is 7.91. The van der Waals surface area contributed by atoms with Gasteiger partial charge in [0.1, 0.15) is 10.0 Å². The first-order chi connectivity index (χ1) is 12.5. The van der Waals surface area contributed by atoms with Gasteiger partial charge in [0.25, 0.3) is 5.56 Å². The van der Waals surface area contributed by atoms with Crippen LogP contribution in [0.1, 0.15) is 6.42 Å². The summed E-state index contributed by atoms with van der Waals surface area (Å²) in [6.45, 7) is 0.454. The maximum Gasteiger partial charge on any atom is 0.266 e. The lowest BCUT2D eigenvalue weighted by Gasteiger charge is -2.08. The van der Waals surface area contributed by atoms with Gasteiger partial charge in [0.2, 0.25) is 10.0 Å². The molecule has 0 saturated carbocycles. The lowest BCUT2D eigenvalue weighted by molar-refractivity contribution is 0.537. The summed E-state index contributed by atoms with van der Waals surface area (Å²) in [5.74, 6) is -0.347. The molecule has 0 radical (unpaired) electrons. The van der Waals surface area contributed by atoms with Gasteiger partial charge >= 0.3 is 0 Å². The van der Waals surface area contributed by atoms with E-state index in [1.165, 1.54) is 28.9 Å². The molecule has 3 aromatic rings. The second kappa shape index (κ2) is 7.90. The minimum Gasteiger partial charge on any atom is -0.268 e. The van der Waals surface area contributed by atoms with Gasteiger partial charge < -0.3 is 0 Å². The van der Waals surface area contributed by atoms with E-state index >= 15 is 0 Å². The third-order valence-electron chi connectivity index (χ3n) is 3.61. The molecule has 0 amide bonds. The average Bonchev–Trinajstić information content (AvgIpc) is 3.16. The minimum absolute atomic E-state index is 0.190. The van der Waals surface area contributed by atoms with Crippen molar-refractivity contribution in [2.24, 2.45) is 0 Å². The van der Waals surface area contributed by atoms with E-state index in [1.54, 1.807) is 29.6 Å². The van der Waals surface area contributed by atoms with Gasteiger partial charge in [0, 0.05) is 24.7 Å². The van der Waals surface area contributed by atoms with Crippen molar-refractivity contribution in [1.82, 2.24) is 14.5 Å². The predicted molar refractivity (Wildman–Crippen MR) is 98.0 cm³/mol. The monoisotopic (exact) mass is 393 g/mol. The van der Waals surface area contributed by atoms with E-state index in [0.29, 0.717) is 17.7 Å². The van der Waals surface area contributed by atoms with Crippen molar-refractivity contribution in [2.75, 3.05) is 6.54 Å². The van der Waals surface area contributed by atoms with Crippen molar-refractivity contribution in [1.29, 1.82) is 0 Å². The maximum absolute atomic E-state index is 13.0. The summed E-state index contributed by atoms with van der Waals surface area (Å²) in [4.78, 5) is 11.9. The summed E-state index contributed by atoms with van der Waals surface area (Å²) in [6, 6.07) is 12.0. The summed E-state index contributed by atoms with van der Waals surface area (Å²) < 4.78 is 41.1. The number of aromatic nitrogens is 2. The predicted octanol–water partition coefficient (Wildman–Crippen LogP) is 2.48. The van der Waals surface area contributed by atoms with Crippen LogP contribution in [-0.4, -0.2) is 24.7 Å². The highest BCUT2D eigenvalue weighted by Gasteiger charge is 2.14. The van der Waals surface area contributed by atoms with Crippen LogP contribution in [0.3, 0.4) is 0 Å². The molecule has 136 valence electrons. The first-order valence-electron chi connectivity index (χ1n) is 7.83. The van der Waals surface area contributed by atoms with Crippen LogP contribution in [0, 0.1) is 5.82 Å². The number of benzene rings is 1. The Labute approximate surface area is 154 Å². The fourth-order valence-corrected chi connectivity index (χ4v) is 4.42. The van der Waals surface area contributed by atoms with Crippen molar-refractivity contribution >= 4 is 21.4 Å². The number of halogens is 1. The van der Waals surface area contributed by atoms with Crippen LogP contribution in [0.4, 0.5) is 4.39 Å². The Morgan fingerprint density at radius 3 is 2.58 bits per heavy atom. The first-order valence-corrected chi connectivity index (χ1v) is 10.2.